The Bertz CT molecular complexity index is 721. The Kier molecular flexibility index (Phi) is 7.42. The maximum Gasteiger partial charge on any atom is 0.191 e. The smallest absolute Gasteiger partial charge is 0.191 e. The number of rotatable bonds is 5. The molecule has 1 aromatic heterocycles. The van der Waals surface area contributed by atoms with Gasteiger partial charge in [0.05, 0.1) is 11.0 Å². The van der Waals surface area contributed by atoms with Crippen LogP contribution in [0.4, 0.5) is 0 Å². The Morgan fingerprint density at radius 2 is 2.16 bits per heavy atom. The van der Waals surface area contributed by atoms with Crippen molar-refractivity contribution in [3.05, 3.63) is 30.1 Å². The second-order valence-electron chi connectivity index (χ2n) is 6.53. The Morgan fingerprint density at radius 3 is 2.84 bits per heavy atom. The molecule has 1 atom stereocenters. The first-order chi connectivity index (χ1) is 11.6. The second-order valence-corrected chi connectivity index (χ2v) is 8.21. The summed E-state index contributed by atoms with van der Waals surface area (Å²) in [5, 5.41) is 6.85. The largest absolute Gasteiger partial charge is 0.357 e. The molecule has 1 aromatic carbocycles. The minimum absolute atomic E-state index is 0. The molecule has 1 aliphatic heterocycles. The summed E-state index contributed by atoms with van der Waals surface area (Å²) >= 11 is 2.06. The monoisotopic (exact) mass is 473 g/mol. The first kappa shape index (κ1) is 20.4. The molecule has 2 aromatic rings. The number of aromatic nitrogens is 2. The molecule has 0 aliphatic carbocycles. The lowest BCUT2D eigenvalue weighted by Crippen LogP contribution is -2.43. The molecule has 0 amide bonds. The van der Waals surface area contributed by atoms with Gasteiger partial charge in [-0.2, -0.15) is 11.8 Å². The molecule has 3 rings (SSSR count). The number of nitrogens with one attached hydrogen (secondary N) is 2. The van der Waals surface area contributed by atoms with E-state index in [0.717, 1.165) is 35.9 Å². The van der Waals surface area contributed by atoms with E-state index in [1.807, 2.05) is 18.2 Å². The molecular weight excluding hydrogens is 445 g/mol. The lowest BCUT2D eigenvalue weighted by molar-refractivity contribution is 0.584. The minimum atomic E-state index is 0. The summed E-state index contributed by atoms with van der Waals surface area (Å²) in [5.74, 6) is 3.12. The summed E-state index contributed by atoms with van der Waals surface area (Å²) in [6.07, 6.45) is 2.59. The van der Waals surface area contributed by atoms with Crippen molar-refractivity contribution in [3.63, 3.8) is 0 Å². The number of guanidine groups is 1. The number of aliphatic imine (C=N–C) groups is 1. The number of halogens is 1. The molecule has 138 valence electrons. The predicted molar refractivity (Wildman–Crippen MR) is 119 cm³/mol. The van der Waals surface area contributed by atoms with E-state index >= 15 is 0 Å². The maximum absolute atomic E-state index is 4.73. The fourth-order valence-corrected chi connectivity index (χ4v) is 4.32. The van der Waals surface area contributed by atoms with Crippen molar-refractivity contribution in [1.82, 2.24) is 20.2 Å². The molecule has 0 spiro atoms. The number of thioether (sulfide) groups is 1. The van der Waals surface area contributed by atoms with Crippen LogP contribution in [0.15, 0.2) is 29.3 Å². The summed E-state index contributed by atoms with van der Waals surface area (Å²) in [7, 11) is 2.05. The molecule has 2 N–H and O–H groups in total. The van der Waals surface area contributed by atoms with Crippen molar-refractivity contribution in [2.75, 3.05) is 18.8 Å². The van der Waals surface area contributed by atoms with Gasteiger partial charge < -0.3 is 15.2 Å². The van der Waals surface area contributed by atoms with Gasteiger partial charge in [-0.1, -0.05) is 12.1 Å². The third kappa shape index (κ3) is 5.03. The third-order valence-corrected chi connectivity index (χ3v) is 6.07. The van der Waals surface area contributed by atoms with Gasteiger partial charge in [0.2, 0.25) is 0 Å². The van der Waals surface area contributed by atoms with Crippen LogP contribution in [-0.2, 0) is 13.6 Å². The number of aryl methyl sites for hydroxylation is 1. The highest BCUT2D eigenvalue weighted by Gasteiger charge is 2.29. The first-order valence-electron chi connectivity index (χ1n) is 8.68. The number of nitrogens with zero attached hydrogens (tertiary/aromatic N) is 3. The average Bonchev–Trinajstić information content (AvgIpc) is 3.15. The fourth-order valence-electron chi connectivity index (χ4n) is 3.08. The van der Waals surface area contributed by atoms with Gasteiger partial charge in [0.25, 0.3) is 0 Å². The molecule has 0 saturated carbocycles. The van der Waals surface area contributed by atoms with Crippen LogP contribution in [0.3, 0.4) is 0 Å². The molecule has 25 heavy (non-hydrogen) atoms. The Balaban J connectivity index is 0.00000225. The number of benzene rings is 1. The van der Waals surface area contributed by atoms with E-state index in [9.17, 15) is 0 Å². The second kappa shape index (κ2) is 9.12. The van der Waals surface area contributed by atoms with Crippen molar-refractivity contribution >= 4 is 52.7 Å². The van der Waals surface area contributed by atoms with Crippen LogP contribution in [0.25, 0.3) is 11.0 Å². The van der Waals surface area contributed by atoms with Crippen molar-refractivity contribution in [1.29, 1.82) is 0 Å². The van der Waals surface area contributed by atoms with Gasteiger partial charge in [-0.25, -0.2) is 9.98 Å². The predicted octanol–water partition coefficient (Wildman–Crippen LogP) is 3.53. The summed E-state index contributed by atoms with van der Waals surface area (Å²) in [6.45, 7) is 6.82. The number of hydrogen-bond donors (Lipinski definition) is 2. The highest BCUT2D eigenvalue weighted by molar-refractivity contribution is 14.0. The van der Waals surface area contributed by atoms with Gasteiger partial charge in [0, 0.05) is 24.9 Å². The highest BCUT2D eigenvalue weighted by atomic mass is 127. The van der Waals surface area contributed by atoms with Crippen LogP contribution >= 0.6 is 35.7 Å². The minimum Gasteiger partial charge on any atom is -0.357 e. The van der Waals surface area contributed by atoms with E-state index < -0.39 is 0 Å². The zero-order chi connectivity index (χ0) is 17.0. The molecule has 0 radical (unpaired) electrons. The molecule has 1 fully saturated rings. The molecule has 7 heteroatoms. The zero-order valence-electron chi connectivity index (χ0n) is 15.2. The van der Waals surface area contributed by atoms with Gasteiger partial charge in [-0.15, -0.1) is 24.0 Å². The molecule has 2 heterocycles. The van der Waals surface area contributed by atoms with Gasteiger partial charge in [0.15, 0.2) is 5.96 Å². The maximum atomic E-state index is 4.73. The standard InChI is InChI=1S/C18H27N5S.HI/c1-4-19-17(21-13-18(2)10-7-11-24-18)20-12-16-22-14-8-5-6-9-15(14)23(16)3;/h5-6,8-9H,4,7,10-13H2,1-3H3,(H2,19,20,21);1H. The van der Waals surface area contributed by atoms with Gasteiger partial charge in [-0.3, -0.25) is 0 Å². The molecule has 1 saturated heterocycles. The van der Waals surface area contributed by atoms with Crippen molar-refractivity contribution in [3.8, 4) is 0 Å². The Labute approximate surface area is 171 Å². The Hall–Kier alpha value is -0.960. The van der Waals surface area contributed by atoms with E-state index in [1.54, 1.807) is 0 Å². The normalized spacial score (nSPS) is 20.5. The van der Waals surface area contributed by atoms with E-state index in [-0.39, 0.29) is 24.0 Å². The van der Waals surface area contributed by atoms with Crippen LogP contribution in [0.2, 0.25) is 0 Å². The van der Waals surface area contributed by atoms with Crippen LogP contribution in [-0.4, -0.2) is 39.1 Å². The van der Waals surface area contributed by atoms with Crippen LogP contribution in [0.5, 0.6) is 0 Å². The lowest BCUT2D eigenvalue weighted by atomic mass is 10.1. The number of imidazole rings is 1. The lowest BCUT2D eigenvalue weighted by Gasteiger charge is -2.24. The fraction of sp³-hybridized carbons (Fsp3) is 0.556. The molecule has 1 aliphatic rings. The van der Waals surface area contributed by atoms with E-state index in [4.69, 9.17) is 9.98 Å². The molecule has 0 bridgehead atoms. The highest BCUT2D eigenvalue weighted by Crippen LogP contribution is 2.36. The van der Waals surface area contributed by atoms with Gasteiger partial charge in [0.1, 0.15) is 12.4 Å². The number of fused-ring (bicyclic) bond motifs is 1. The summed E-state index contributed by atoms with van der Waals surface area (Å²) < 4.78 is 2.45. The zero-order valence-corrected chi connectivity index (χ0v) is 18.4. The molecular formula is C18H28IN5S. The van der Waals surface area contributed by atoms with Crippen molar-refractivity contribution < 1.29 is 0 Å². The van der Waals surface area contributed by atoms with E-state index in [1.165, 1.54) is 18.6 Å². The van der Waals surface area contributed by atoms with Gasteiger partial charge in [-0.05, 0) is 44.6 Å². The van der Waals surface area contributed by atoms with Gasteiger partial charge >= 0.3 is 0 Å². The molecule has 1 unspecified atom stereocenters. The van der Waals surface area contributed by atoms with E-state index in [0.29, 0.717) is 11.3 Å². The van der Waals surface area contributed by atoms with Crippen LogP contribution in [0.1, 0.15) is 32.5 Å². The third-order valence-electron chi connectivity index (χ3n) is 4.53. The topological polar surface area (TPSA) is 54.2 Å². The summed E-state index contributed by atoms with van der Waals surface area (Å²) in [4.78, 5) is 9.43. The van der Waals surface area contributed by atoms with Crippen molar-refractivity contribution in [2.45, 2.75) is 38.0 Å². The summed E-state index contributed by atoms with van der Waals surface area (Å²) in [5.41, 5.74) is 2.17. The SMILES string of the molecule is CCNC(=NCc1nc2ccccc2n1C)NCC1(C)CCCS1.I. The van der Waals surface area contributed by atoms with Crippen molar-refractivity contribution in [2.24, 2.45) is 12.0 Å². The molecule has 5 nitrogen and oxygen atoms in total. The quantitative estimate of drug-likeness (QED) is 0.397. The Morgan fingerprint density at radius 1 is 1.36 bits per heavy atom. The summed E-state index contributed by atoms with van der Waals surface area (Å²) in [6, 6.07) is 8.21. The van der Waals surface area contributed by atoms with Crippen LogP contribution < -0.4 is 10.6 Å². The van der Waals surface area contributed by atoms with Crippen LogP contribution in [0, 0.1) is 0 Å². The first-order valence-corrected chi connectivity index (χ1v) is 9.66. The average molecular weight is 473 g/mol. The number of hydrogen-bond acceptors (Lipinski definition) is 3. The van der Waals surface area contributed by atoms with E-state index in [2.05, 4.69) is 53.9 Å². The number of para-hydroxylation sites is 2.